The van der Waals surface area contributed by atoms with Crippen molar-refractivity contribution in [2.45, 2.75) is 84.3 Å². The fraction of sp³-hybridized carbons (Fsp3) is 0.552. The van der Waals surface area contributed by atoms with E-state index in [-0.39, 0.29) is 24.1 Å². The highest BCUT2D eigenvalue weighted by Gasteiger charge is 2.16. The average Bonchev–Trinajstić information content (AvgIpc) is 3.22. The first-order chi connectivity index (χ1) is 17.2. The van der Waals surface area contributed by atoms with Crippen LogP contribution >= 0.6 is 11.3 Å². The number of thiazole rings is 1. The molecule has 2 bridgehead atoms. The summed E-state index contributed by atoms with van der Waals surface area (Å²) < 4.78 is 11.4. The molecule has 2 rings (SSSR count). The number of aromatic nitrogens is 1. The SMILES string of the molecule is CC(/C=C/C=C/CN(C)C)=C\[C@@H]1Cc2nc(cs2)CCCCC(=O)O[C@@H](C)C/C(C)=C/CCC(=O)O1. The van der Waals surface area contributed by atoms with Gasteiger partial charge in [0, 0.05) is 37.6 Å². The highest BCUT2D eigenvalue weighted by Crippen LogP contribution is 2.19. The molecule has 6 nitrogen and oxygen atoms in total. The van der Waals surface area contributed by atoms with Crippen LogP contribution in [0.3, 0.4) is 0 Å². The van der Waals surface area contributed by atoms with Crippen LogP contribution < -0.4 is 0 Å². The lowest BCUT2D eigenvalue weighted by molar-refractivity contribution is -0.148. The predicted molar refractivity (Wildman–Crippen MR) is 147 cm³/mol. The minimum atomic E-state index is -0.370. The van der Waals surface area contributed by atoms with Crippen molar-refractivity contribution in [3.05, 3.63) is 63.7 Å². The number of likely N-dealkylation sites (N-methyl/N-ethyl adjacent to an activating group) is 1. The first-order valence-corrected chi connectivity index (χ1v) is 13.7. The summed E-state index contributed by atoms with van der Waals surface area (Å²) in [5.41, 5.74) is 3.16. The molecular formula is C29H42N2O4S. The summed E-state index contributed by atoms with van der Waals surface area (Å²) in [6.45, 7) is 6.82. The molecule has 198 valence electrons. The first kappa shape index (κ1) is 29.7. The number of nitrogens with zero attached hydrogens (tertiary/aromatic N) is 2. The third kappa shape index (κ3) is 13.0. The van der Waals surface area contributed by atoms with Crippen molar-refractivity contribution in [1.29, 1.82) is 0 Å². The minimum Gasteiger partial charge on any atom is -0.462 e. The zero-order valence-electron chi connectivity index (χ0n) is 22.5. The second-order valence-electron chi connectivity index (χ2n) is 9.73. The van der Waals surface area contributed by atoms with Gasteiger partial charge in [-0.25, -0.2) is 4.98 Å². The Balaban J connectivity index is 2.13. The molecule has 0 radical (unpaired) electrons. The molecule has 0 aliphatic carbocycles. The molecule has 0 spiro atoms. The van der Waals surface area contributed by atoms with Crippen molar-refractivity contribution in [2.24, 2.45) is 0 Å². The van der Waals surface area contributed by atoms with Gasteiger partial charge in [-0.3, -0.25) is 9.59 Å². The molecule has 1 aliphatic heterocycles. The maximum atomic E-state index is 12.7. The van der Waals surface area contributed by atoms with Gasteiger partial charge < -0.3 is 14.4 Å². The molecule has 0 amide bonds. The van der Waals surface area contributed by atoms with Crippen molar-refractivity contribution in [3.8, 4) is 0 Å². The van der Waals surface area contributed by atoms with Crippen molar-refractivity contribution in [2.75, 3.05) is 20.6 Å². The van der Waals surface area contributed by atoms with Crippen LogP contribution in [0.2, 0.25) is 0 Å². The lowest BCUT2D eigenvalue weighted by Gasteiger charge is -2.15. The Morgan fingerprint density at radius 2 is 1.86 bits per heavy atom. The number of esters is 2. The smallest absolute Gasteiger partial charge is 0.306 e. The lowest BCUT2D eigenvalue weighted by Crippen LogP contribution is -2.19. The van der Waals surface area contributed by atoms with Crippen molar-refractivity contribution >= 4 is 23.3 Å². The maximum absolute atomic E-state index is 12.7. The fourth-order valence-electron chi connectivity index (χ4n) is 3.87. The Morgan fingerprint density at radius 1 is 1.11 bits per heavy atom. The number of aryl methyl sites for hydroxylation is 1. The van der Waals surface area contributed by atoms with Crippen LogP contribution in [0.4, 0.5) is 0 Å². The molecule has 0 unspecified atom stereocenters. The van der Waals surface area contributed by atoms with Gasteiger partial charge in [0.1, 0.15) is 12.2 Å². The molecule has 2 heterocycles. The molecule has 0 aromatic carbocycles. The standard InChI is InChI=1S/C29H42N2O4S/c1-22-13-11-16-29(33)35-26(19-23(2)12-7-6-10-17-31(4)5)20-27-30-25(21-36-27)14-8-9-15-28(32)34-24(3)18-22/h6-7,10,12-13,19,21,24,26H,8-9,11,14-18,20H2,1-5H3/b10-6+,12-7+,22-13+,23-19+/t24-,26+/m0/s1. The van der Waals surface area contributed by atoms with E-state index in [1.54, 1.807) is 11.3 Å². The third-order valence-electron chi connectivity index (χ3n) is 5.63. The Bertz CT molecular complexity index is 958. The van der Waals surface area contributed by atoms with Gasteiger partial charge in [-0.15, -0.1) is 11.3 Å². The largest absolute Gasteiger partial charge is 0.462 e. The lowest BCUT2D eigenvalue weighted by atomic mass is 10.1. The van der Waals surface area contributed by atoms with Gasteiger partial charge >= 0.3 is 11.9 Å². The molecular weight excluding hydrogens is 472 g/mol. The average molecular weight is 515 g/mol. The predicted octanol–water partition coefficient (Wildman–Crippen LogP) is 5.99. The minimum absolute atomic E-state index is 0.150. The Morgan fingerprint density at radius 3 is 2.64 bits per heavy atom. The summed E-state index contributed by atoms with van der Waals surface area (Å²) in [6.07, 6.45) is 16.7. The molecule has 7 heteroatoms. The van der Waals surface area contributed by atoms with E-state index >= 15 is 0 Å². The monoisotopic (exact) mass is 514 g/mol. The van der Waals surface area contributed by atoms with Gasteiger partial charge in [0.15, 0.2) is 0 Å². The zero-order chi connectivity index (χ0) is 26.3. The highest BCUT2D eigenvalue weighted by molar-refractivity contribution is 7.09. The number of carbonyl (C=O) groups excluding carboxylic acids is 2. The number of carbonyl (C=O) groups is 2. The van der Waals surface area contributed by atoms with Crippen LogP contribution in [0.25, 0.3) is 0 Å². The number of rotatable bonds is 5. The summed E-state index contributed by atoms with van der Waals surface area (Å²) in [5, 5.41) is 3.01. The Kier molecular flexibility index (Phi) is 13.4. The van der Waals surface area contributed by atoms with Gasteiger partial charge in [0.25, 0.3) is 0 Å². The summed E-state index contributed by atoms with van der Waals surface area (Å²) in [6, 6.07) is 0. The Labute approximate surface area is 220 Å². The van der Waals surface area contributed by atoms with Gasteiger partial charge in [0.2, 0.25) is 0 Å². The van der Waals surface area contributed by atoms with E-state index in [0.717, 1.165) is 47.7 Å². The highest BCUT2D eigenvalue weighted by atomic mass is 32.1. The summed E-state index contributed by atoms with van der Waals surface area (Å²) in [4.78, 5) is 31.6. The fourth-order valence-corrected chi connectivity index (χ4v) is 4.75. The van der Waals surface area contributed by atoms with E-state index in [4.69, 9.17) is 14.5 Å². The van der Waals surface area contributed by atoms with Gasteiger partial charge in [-0.05, 0) is 66.6 Å². The second kappa shape index (κ2) is 16.3. The van der Waals surface area contributed by atoms with Crippen LogP contribution in [-0.2, 0) is 31.9 Å². The molecule has 1 aliphatic rings. The van der Waals surface area contributed by atoms with Crippen molar-refractivity contribution in [3.63, 3.8) is 0 Å². The number of allylic oxidation sites excluding steroid dienone is 5. The number of hydrogen-bond donors (Lipinski definition) is 0. The second-order valence-corrected chi connectivity index (χ2v) is 10.7. The quantitative estimate of drug-likeness (QED) is 0.273. The van der Waals surface area contributed by atoms with E-state index in [1.165, 1.54) is 0 Å². The van der Waals surface area contributed by atoms with E-state index in [1.807, 2.05) is 65.2 Å². The molecule has 1 aromatic heterocycles. The van der Waals surface area contributed by atoms with Crippen LogP contribution in [0, 0.1) is 0 Å². The van der Waals surface area contributed by atoms with E-state index in [9.17, 15) is 9.59 Å². The molecule has 0 fully saturated rings. The molecule has 0 saturated heterocycles. The van der Waals surface area contributed by atoms with E-state index in [2.05, 4.69) is 16.4 Å². The summed E-state index contributed by atoms with van der Waals surface area (Å²) in [5.74, 6) is -0.375. The number of ether oxygens (including phenoxy) is 2. The molecule has 1 aromatic rings. The molecule has 36 heavy (non-hydrogen) atoms. The Hall–Kier alpha value is -2.51. The molecule has 0 N–H and O–H groups in total. The maximum Gasteiger partial charge on any atom is 0.306 e. The van der Waals surface area contributed by atoms with Gasteiger partial charge in [-0.1, -0.05) is 41.5 Å². The zero-order valence-corrected chi connectivity index (χ0v) is 23.3. The number of fused-ring (bicyclic) bond motifs is 2. The van der Waals surface area contributed by atoms with Gasteiger partial charge in [-0.2, -0.15) is 0 Å². The van der Waals surface area contributed by atoms with Gasteiger partial charge in [0.05, 0.1) is 10.7 Å². The third-order valence-corrected chi connectivity index (χ3v) is 6.55. The summed E-state index contributed by atoms with van der Waals surface area (Å²) in [7, 11) is 4.07. The summed E-state index contributed by atoms with van der Waals surface area (Å²) >= 11 is 1.59. The normalized spacial score (nSPS) is 23.6. The van der Waals surface area contributed by atoms with E-state index in [0.29, 0.717) is 32.1 Å². The van der Waals surface area contributed by atoms with Crippen LogP contribution in [0.1, 0.15) is 70.0 Å². The van der Waals surface area contributed by atoms with Crippen LogP contribution in [-0.4, -0.2) is 54.7 Å². The molecule has 2 atom stereocenters. The van der Waals surface area contributed by atoms with E-state index < -0.39 is 0 Å². The number of cyclic esters (lactones) is 2. The van der Waals surface area contributed by atoms with Crippen LogP contribution in [0.15, 0.2) is 53.0 Å². The number of hydrogen-bond acceptors (Lipinski definition) is 7. The topological polar surface area (TPSA) is 68.7 Å². The molecule has 0 saturated carbocycles. The first-order valence-electron chi connectivity index (χ1n) is 12.9. The van der Waals surface area contributed by atoms with Crippen molar-refractivity contribution < 1.29 is 19.1 Å². The van der Waals surface area contributed by atoms with Crippen molar-refractivity contribution in [1.82, 2.24) is 9.88 Å². The van der Waals surface area contributed by atoms with Crippen LogP contribution in [0.5, 0.6) is 0 Å².